The van der Waals surface area contributed by atoms with Crippen LogP contribution in [0.25, 0.3) is 11.0 Å². The Bertz CT molecular complexity index is 5070. The zero-order chi connectivity index (χ0) is 81.6. The minimum absolute atomic E-state index is 0.0141. The summed E-state index contributed by atoms with van der Waals surface area (Å²) in [5.41, 5.74) is 7.20. The lowest BCUT2D eigenvalue weighted by atomic mass is 9.95. The van der Waals surface area contributed by atoms with Gasteiger partial charge in [0.25, 0.3) is 17.4 Å². The Balaban J connectivity index is 0.000000177. The number of rotatable bonds is 18. The average Bonchev–Trinajstić information content (AvgIpc) is 1.83. The van der Waals surface area contributed by atoms with Crippen LogP contribution in [0.1, 0.15) is 161 Å². The van der Waals surface area contributed by atoms with Crippen LogP contribution in [-0.2, 0) is 52.3 Å². The molecule has 8 saturated heterocycles. The van der Waals surface area contributed by atoms with Gasteiger partial charge in [0.1, 0.15) is 17.7 Å². The van der Waals surface area contributed by atoms with Gasteiger partial charge in [-0.25, -0.2) is 26.6 Å². The lowest BCUT2D eigenvalue weighted by Crippen LogP contribution is -2.55. The van der Waals surface area contributed by atoms with Gasteiger partial charge in [-0.05, 0) is 200 Å². The molecule has 9 fully saturated rings. The summed E-state index contributed by atoms with van der Waals surface area (Å²) in [6, 6.07) is 28.7. The molecule has 624 valence electrons. The van der Waals surface area contributed by atoms with Crippen molar-refractivity contribution in [1.29, 1.82) is 0 Å². The van der Waals surface area contributed by atoms with E-state index in [-0.39, 0.29) is 78.1 Å². The third-order valence-corrected chi connectivity index (χ3v) is 30.0. The number of piperidine rings is 6. The molecule has 10 aliphatic heterocycles. The minimum atomic E-state index is -3.71. The van der Waals surface area contributed by atoms with Gasteiger partial charge in [-0.1, -0.05) is 25.0 Å². The van der Waals surface area contributed by atoms with Crippen LogP contribution in [0.2, 0.25) is 0 Å². The topological polar surface area (TPSA) is 328 Å². The number of imide groups is 2. The fraction of sp³-hybridized carbons (Fsp3) is 0.553. The van der Waals surface area contributed by atoms with E-state index in [0.717, 1.165) is 182 Å². The number of hydrogen-bond donors (Lipinski definition) is 4. The summed E-state index contributed by atoms with van der Waals surface area (Å²) in [5, 5.41) is 18.8. The Kier molecular flexibility index (Phi) is 23.6. The summed E-state index contributed by atoms with van der Waals surface area (Å²) in [7, 11) is -7.39. The van der Waals surface area contributed by atoms with E-state index in [4.69, 9.17) is 4.98 Å². The van der Waals surface area contributed by atoms with Crippen LogP contribution in [-0.4, -0.2) is 259 Å². The number of fused-ring (bicyclic) bond motifs is 3. The van der Waals surface area contributed by atoms with Gasteiger partial charge in [-0.15, -0.1) is 0 Å². The molecule has 1 saturated carbocycles. The van der Waals surface area contributed by atoms with Gasteiger partial charge in [-0.2, -0.15) is 13.6 Å². The number of aromatic nitrogens is 3. The van der Waals surface area contributed by atoms with E-state index in [1.54, 1.807) is 50.6 Å². The van der Waals surface area contributed by atoms with Crippen LogP contribution < -0.4 is 41.1 Å². The van der Waals surface area contributed by atoms with Crippen molar-refractivity contribution < 1.29 is 55.5 Å². The van der Waals surface area contributed by atoms with Crippen molar-refractivity contribution >= 4 is 101 Å². The largest absolute Gasteiger partial charge is 0.465 e. The Morgan fingerprint density at radius 1 is 0.513 bits per heavy atom. The van der Waals surface area contributed by atoms with E-state index in [2.05, 4.69) is 62.5 Å². The van der Waals surface area contributed by atoms with Crippen LogP contribution in [0, 0.1) is 11.8 Å². The van der Waals surface area contributed by atoms with Crippen LogP contribution in [0.4, 0.5) is 33.5 Å². The number of anilines is 5. The van der Waals surface area contributed by atoms with E-state index in [9.17, 15) is 60.3 Å². The zero-order valence-corrected chi connectivity index (χ0v) is 68.9. The first kappa shape index (κ1) is 81.2. The summed E-state index contributed by atoms with van der Waals surface area (Å²) in [5.74, 6) is -0.0749. The first-order valence-corrected chi connectivity index (χ1v) is 45.0. The molecule has 17 rings (SSSR count). The molecule has 32 heteroatoms. The van der Waals surface area contributed by atoms with Crippen molar-refractivity contribution in [1.82, 2.24) is 58.3 Å². The molecule has 117 heavy (non-hydrogen) atoms. The summed E-state index contributed by atoms with van der Waals surface area (Å²) in [4.78, 5) is 128. The fourth-order valence-corrected chi connectivity index (χ4v) is 22.7. The van der Waals surface area contributed by atoms with Crippen LogP contribution in [0.3, 0.4) is 0 Å². The number of carboxylic acid groups (broad SMARTS) is 1. The standard InChI is InChI=1S/C46H56N10O6S.C39H53N7O7S/c57-41-12-11-40(44(59)49-41)55-30-33-26-37(9-10-39(33)45(55)60)53-24-22-51(23-25-53)29-31-14-18-52(19-15-31)36-6-3-7-38(27-36)63(61,62)54-20-16-34(17-21-54)48-46-47-28-32-8-13-42(58)56(43(32)50-46)35-4-1-2-5-35;1-39(2,3)46(38(50)51)29-13-17-44(18-14-29)54(52,53)32-6-4-5-30(24-32)42-15-11-27(12-16-42)25-41-19-21-43(22-20-41)31-7-8-33-28(23-31)26-45(37(33)49)34-9-10-35(47)40-36(34)48/h3,6-10,13,26-28,31,34-35,40H,1-2,4-5,11-12,14-25,29-30H2,(H,47,48,50)(H,49,57,59);4-8,23-24,27,29,34H,9-22,25-26H2,1-3H3,(H,50,51)(H,40,47,48). The number of nitrogens with one attached hydrogen (secondary N) is 3. The van der Waals surface area contributed by atoms with E-state index in [1.807, 2.05) is 79.9 Å². The molecule has 0 spiro atoms. The Morgan fingerprint density at radius 3 is 1.40 bits per heavy atom. The highest BCUT2D eigenvalue weighted by Crippen LogP contribution is 2.38. The zero-order valence-electron chi connectivity index (χ0n) is 67.2. The summed E-state index contributed by atoms with van der Waals surface area (Å²) >= 11 is 0. The van der Waals surface area contributed by atoms with Crippen molar-refractivity contribution in [2.45, 2.75) is 182 Å². The Labute approximate surface area is 683 Å². The predicted molar refractivity (Wildman–Crippen MR) is 443 cm³/mol. The number of sulfonamides is 2. The van der Waals surface area contributed by atoms with Crippen molar-refractivity contribution in [3.8, 4) is 0 Å². The second-order valence-corrected chi connectivity index (χ2v) is 38.5. The third-order valence-electron chi connectivity index (χ3n) is 26.3. The van der Waals surface area contributed by atoms with E-state index in [1.165, 1.54) is 9.21 Å². The second kappa shape index (κ2) is 34.0. The first-order chi connectivity index (χ1) is 56.3. The summed E-state index contributed by atoms with van der Waals surface area (Å²) in [6.07, 6.45) is 12.5. The average molecular weight is 1640 g/mol. The van der Waals surface area contributed by atoms with Gasteiger partial charge in [0, 0.05) is 219 Å². The molecule has 4 aromatic carbocycles. The number of piperazine rings is 2. The predicted octanol–water partition coefficient (Wildman–Crippen LogP) is 7.39. The summed E-state index contributed by atoms with van der Waals surface area (Å²) in [6.45, 7) is 20.6. The highest BCUT2D eigenvalue weighted by molar-refractivity contribution is 7.89. The van der Waals surface area contributed by atoms with Gasteiger partial charge in [0.2, 0.25) is 49.6 Å². The van der Waals surface area contributed by atoms with Crippen molar-refractivity contribution in [3.05, 3.63) is 136 Å². The molecule has 7 amide bonds. The maximum atomic E-state index is 14.0. The molecule has 12 heterocycles. The highest BCUT2D eigenvalue weighted by atomic mass is 32.2. The van der Waals surface area contributed by atoms with Gasteiger partial charge in [-0.3, -0.25) is 58.6 Å². The third kappa shape index (κ3) is 17.5. The second-order valence-electron chi connectivity index (χ2n) is 34.6. The monoisotopic (exact) mass is 1640 g/mol. The van der Waals surface area contributed by atoms with Gasteiger partial charge in [0.05, 0.1) is 9.79 Å². The molecular weight excluding hydrogens is 1530 g/mol. The maximum absolute atomic E-state index is 14.0. The van der Waals surface area contributed by atoms with Gasteiger partial charge < -0.3 is 44.7 Å². The molecule has 6 aromatic rings. The molecule has 2 atom stereocenters. The lowest BCUT2D eigenvalue weighted by molar-refractivity contribution is -0.138. The van der Waals surface area contributed by atoms with Gasteiger partial charge >= 0.3 is 6.09 Å². The molecule has 2 aromatic heterocycles. The highest BCUT2D eigenvalue weighted by Gasteiger charge is 2.44. The molecule has 30 nitrogen and oxygen atoms in total. The number of amides is 7. The molecule has 2 unspecified atom stereocenters. The van der Waals surface area contributed by atoms with Crippen molar-refractivity contribution in [3.63, 3.8) is 0 Å². The molecule has 11 aliphatic rings. The SMILES string of the molecule is CC(C)(C)N(C(=O)O)C1CCN(S(=O)(=O)c2cccc(N3CCC(CN4CCN(c5ccc6c(c5)CN(C5CCC(=O)NC5=O)C6=O)CC4)CC3)c2)CC1.O=C1CCC(N2Cc3cc(N4CCN(CC5CCN(c6cccc(S(=O)(=O)N7CCC(Nc8ncc9ccc(=O)n(C%10CCCC%10)c9n8)CC7)c6)CC5)CC4)ccc3C2=O)C(=O)N1. The number of benzene rings is 4. The smallest absolute Gasteiger partial charge is 0.407 e. The molecule has 1 aliphatic carbocycles. The fourth-order valence-electron chi connectivity index (χ4n) is 19.7. The van der Waals surface area contributed by atoms with E-state index >= 15 is 0 Å². The van der Waals surface area contributed by atoms with Crippen molar-refractivity contribution in [2.75, 3.05) is 143 Å². The number of nitrogens with zero attached hydrogens (tertiary/aromatic N) is 14. The molecule has 0 radical (unpaired) electrons. The number of pyridine rings is 1. The Hall–Kier alpha value is -9.60. The molecule has 4 N–H and O–H groups in total. The minimum Gasteiger partial charge on any atom is -0.465 e. The molecule has 0 bridgehead atoms. The van der Waals surface area contributed by atoms with Crippen LogP contribution >= 0.6 is 0 Å². The normalized spacial score (nSPS) is 22.7. The van der Waals surface area contributed by atoms with Crippen molar-refractivity contribution in [2.24, 2.45) is 11.8 Å². The number of hydrogen-bond acceptors (Lipinski definition) is 21. The van der Waals surface area contributed by atoms with Crippen LogP contribution in [0.5, 0.6) is 0 Å². The van der Waals surface area contributed by atoms with E-state index < -0.39 is 55.6 Å². The quantitative estimate of drug-likeness (QED) is 0.0609. The maximum Gasteiger partial charge on any atom is 0.407 e. The summed E-state index contributed by atoms with van der Waals surface area (Å²) < 4.78 is 60.2. The lowest BCUT2D eigenvalue weighted by Gasteiger charge is -2.43. The first-order valence-electron chi connectivity index (χ1n) is 42.1. The molecular formula is C85H109N17O13S2. The van der Waals surface area contributed by atoms with Gasteiger partial charge in [0.15, 0.2) is 0 Å². The Morgan fingerprint density at radius 2 is 0.957 bits per heavy atom. The number of carbonyl (C=O) groups is 7. The number of carbonyl (C=O) groups excluding carboxylic acids is 6. The van der Waals surface area contributed by atoms with Crippen LogP contribution in [0.15, 0.2) is 118 Å². The van der Waals surface area contributed by atoms with E-state index in [0.29, 0.717) is 104 Å².